The molecule has 3 saturated heterocycles. The van der Waals surface area contributed by atoms with Crippen molar-refractivity contribution in [2.24, 2.45) is 17.8 Å². The number of carbonyl (C=O) groups excluding carboxylic acids is 2. The Kier molecular flexibility index (Phi) is 9.40. The number of hydrogen-bond donors (Lipinski definition) is 1. The molecule has 3 rings (SSSR count). The molecule has 3 aliphatic heterocycles. The summed E-state index contributed by atoms with van der Waals surface area (Å²) in [6.45, 7) is 14.9. The first-order valence-electron chi connectivity index (χ1n) is 13.3. The first-order chi connectivity index (χ1) is 16.0. The summed E-state index contributed by atoms with van der Waals surface area (Å²) in [4.78, 5) is 33.2. The van der Waals surface area contributed by atoms with Crippen LogP contribution < -0.4 is 5.32 Å². The number of ether oxygens (including phenoxy) is 2. The van der Waals surface area contributed by atoms with Crippen molar-refractivity contribution in [1.29, 1.82) is 0 Å². The highest BCUT2D eigenvalue weighted by Crippen LogP contribution is 2.36. The molecule has 0 saturated carbocycles. The highest BCUT2D eigenvalue weighted by atomic mass is 16.7. The van der Waals surface area contributed by atoms with E-state index >= 15 is 0 Å². The molecule has 8 nitrogen and oxygen atoms in total. The maximum Gasteiger partial charge on any atom is 0.245 e. The Labute approximate surface area is 206 Å². The van der Waals surface area contributed by atoms with E-state index in [1.165, 1.54) is 0 Å². The Morgan fingerprint density at radius 3 is 2.38 bits per heavy atom. The van der Waals surface area contributed by atoms with Crippen LogP contribution in [0.4, 0.5) is 0 Å². The van der Waals surface area contributed by atoms with Crippen LogP contribution in [0.1, 0.15) is 60.3 Å². The molecule has 2 amide bonds. The Morgan fingerprint density at radius 2 is 1.82 bits per heavy atom. The van der Waals surface area contributed by atoms with Crippen molar-refractivity contribution in [2.45, 2.75) is 84.2 Å². The molecule has 3 aliphatic rings. The third-order valence-corrected chi connectivity index (χ3v) is 7.33. The van der Waals surface area contributed by atoms with Gasteiger partial charge in [-0.3, -0.25) is 9.59 Å². The van der Waals surface area contributed by atoms with E-state index in [2.05, 4.69) is 58.9 Å². The standard InChI is InChI=1S/C26H48N4O4/c1-18(2)12-22-24(31)30(11-9-27-22)23(13-19(3)4)25(32)29-10-8-26(14-20(29)5)33-16-21(17-34-26)15-28(6)7/h18-23,27H,8-17H2,1-7H3/t20-,21?,22-,23?,26?/m0/s1. The summed E-state index contributed by atoms with van der Waals surface area (Å²) in [6, 6.07) is -0.596. The zero-order valence-corrected chi connectivity index (χ0v) is 22.5. The molecule has 1 unspecified atom stereocenters. The van der Waals surface area contributed by atoms with E-state index in [9.17, 15) is 9.59 Å². The first-order valence-corrected chi connectivity index (χ1v) is 13.3. The lowest BCUT2D eigenvalue weighted by atomic mass is 9.92. The van der Waals surface area contributed by atoms with E-state index in [0.29, 0.717) is 63.3 Å². The molecular weight excluding hydrogens is 432 g/mol. The summed E-state index contributed by atoms with van der Waals surface area (Å²) in [5.41, 5.74) is 0. The number of likely N-dealkylation sites (tertiary alicyclic amines) is 1. The molecule has 196 valence electrons. The molecule has 0 aromatic carbocycles. The lowest BCUT2D eigenvalue weighted by molar-refractivity contribution is -0.303. The molecule has 0 radical (unpaired) electrons. The quantitative estimate of drug-likeness (QED) is 0.574. The fraction of sp³-hybridized carbons (Fsp3) is 0.923. The fourth-order valence-electron chi connectivity index (χ4n) is 5.74. The van der Waals surface area contributed by atoms with Crippen molar-refractivity contribution in [3.63, 3.8) is 0 Å². The predicted molar refractivity (Wildman–Crippen MR) is 133 cm³/mol. The Morgan fingerprint density at radius 1 is 1.15 bits per heavy atom. The number of nitrogens with zero attached hydrogens (tertiary/aromatic N) is 3. The van der Waals surface area contributed by atoms with E-state index in [-0.39, 0.29) is 23.9 Å². The van der Waals surface area contributed by atoms with Crippen molar-refractivity contribution >= 4 is 11.8 Å². The van der Waals surface area contributed by atoms with E-state index < -0.39 is 11.8 Å². The number of amides is 2. The van der Waals surface area contributed by atoms with Crippen LogP contribution >= 0.6 is 0 Å². The summed E-state index contributed by atoms with van der Waals surface area (Å²) in [5, 5.41) is 3.37. The smallest absolute Gasteiger partial charge is 0.245 e. The maximum absolute atomic E-state index is 13.9. The molecule has 1 N–H and O–H groups in total. The second kappa shape index (κ2) is 11.7. The number of hydrogen-bond acceptors (Lipinski definition) is 6. The topological polar surface area (TPSA) is 74.4 Å². The Balaban J connectivity index is 1.67. The third kappa shape index (κ3) is 6.71. The summed E-state index contributed by atoms with van der Waals surface area (Å²) < 4.78 is 12.5. The average molecular weight is 481 g/mol. The molecule has 0 aliphatic carbocycles. The van der Waals surface area contributed by atoms with Gasteiger partial charge in [0.05, 0.1) is 19.3 Å². The van der Waals surface area contributed by atoms with Gasteiger partial charge < -0.3 is 29.5 Å². The number of piperidine rings is 1. The Bertz CT molecular complexity index is 690. The van der Waals surface area contributed by atoms with Gasteiger partial charge in [0, 0.05) is 51.0 Å². The molecule has 34 heavy (non-hydrogen) atoms. The largest absolute Gasteiger partial charge is 0.349 e. The van der Waals surface area contributed by atoms with Crippen LogP contribution in [0.25, 0.3) is 0 Å². The van der Waals surface area contributed by atoms with E-state index in [1.807, 2.05) is 9.80 Å². The summed E-state index contributed by atoms with van der Waals surface area (Å²) in [7, 11) is 4.14. The lowest BCUT2D eigenvalue weighted by Gasteiger charge is -2.49. The second-order valence-corrected chi connectivity index (χ2v) is 11.8. The average Bonchev–Trinajstić information content (AvgIpc) is 2.74. The van der Waals surface area contributed by atoms with Gasteiger partial charge in [-0.05, 0) is 45.7 Å². The molecule has 3 heterocycles. The summed E-state index contributed by atoms with van der Waals surface area (Å²) in [5.74, 6) is 0.696. The van der Waals surface area contributed by atoms with E-state index in [0.717, 1.165) is 19.5 Å². The molecule has 3 atom stereocenters. The molecular formula is C26H48N4O4. The van der Waals surface area contributed by atoms with E-state index in [1.54, 1.807) is 0 Å². The van der Waals surface area contributed by atoms with Crippen LogP contribution in [-0.2, 0) is 19.1 Å². The van der Waals surface area contributed by atoms with Gasteiger partial charge in [0.25, 0.3) is 0 Å². The highest BCUT2D eigenvalue weighted by Gasteiger charge is 2.47. The van der Waals surface area contributed by atoms with Gasteiger partial charge in [0.1, 0.15) is 6.04 Å². The number of rotatable bonds is 8. The normalized spacial score (nSPS) is 31.7. The SMILES string of the molecule is CC(C)CC(C(=O)N1CCC2(C[C@@H]1C)OCC(CN(C)C)CO2)N1CCN[C@@H](CC(C)C)C1=O. The lowest BCUT2D eigenvalue weighted by Crippen LogP contribution is -2.64. The monoisotopic (exact) mass is 480 g/mol. The maximum atomic E-state index is 13.9. The first kappa shape index (κ1) is 27.4. The van der Waals surface area contributed by atoms with Gasteiger partial charge in [0.15, 0.2) is 5.79 Å². The van der Waals surface area contributed by atoms with Crippen molar-refractivity contribution < 1.29 is 19.1 Å². The van der Waals surface area contributed by atoms with Gasteiger partial charge in [-0.25, -0.2) is 0 Å². The van der Waals surface area contributed by atoms with Crippen LogP contribution in [0.15, 0.2) is 0 Å². The van der Waals surface area contributed by atoms with Crippen LogP contribution in [0, 0.1) is 17.8 Å². The Hall–Kier alpha value is -1.22. The van der Waals surface area contributed by atoms with Crippen LogP contribution in [0.5, 0.6) is 0 Å². The van der Waals surface area contributed by atoms with Crippen molar-refractivity contribution in [3.05, 3.63) is 0 Å². The minimum Gasteiger partial charge on any atom is -0.349 e. The zero-order chi connectivity index (χ0) is 25.0. The van der Waals surface area contributed by atoms with E-state index in [4.69, 9.17) is 9.47 Å². The summed E-state index contributed by atoms with van der Waals surface area (Å²) >= 11 is 0. The third-order valence-electron chi connectivity index (χ3n) is 7.33. The number of piperazine rings is 1. The van der Waals surface area contributed by atoms with Gasteiger partial charge in [-0.2, -0.15) is 0 Å². The highest BCUT2D eigenvalue weighted by molar-refractivity contribution is 5.90. The molecule has 8 heteroatoms. The van der Waals surface area contributed by atoms with Gasteiger partial charge in [0.2, 0.25) is 11.8 Å². The minimum atomic E-state index is -0.584. The molecule has 1 spiro atoms. The predicted octanol–water partition coefficient (Wildman–Crippen LogP) is 2.18. The van der Waals surface area contributed by atoms with Crippen molar-refractivity contribution in [3.8, 4) is 0 Å². The second-order valence-electron chi connectivity index (χ2n) is 11.8. The molecule has 3 fully saturated rings. The van der Waals surface area contributed by atoms with Crippen molar-refractivity contribution in [2.75, 3.05) is 53.5 Å². The van der Waals surface area contributed by atoms with Crippen molar-refractivity contribution in [1.82, 2.24) is 20.0 Å². The van der Waals surface area contributed by atoms with Gasteiger partial charge in [-0.1, -0.05) is 27.7 Å². The van der Waals surface area contributed by atoms with Gasteiger partial charge in [-0.15, -0.1) is 0 Å². The van der Waals surface area contributed by atoms with Gasteiger partial charge >= 0.3 is 0 Å². The van der Waals surface area contributed by atoms with Crippen LogP contribution in [0.3, 0.4) is 0 Å². The molecule has 0 aromatic rings. The number of nitrogens with one attached hydrogen (secondary N) is 1. The number of carbonyl (C=O) groups is 2. The molecule has 0 bridgehead atoms. The molecule has 0 aromatic heterocycles. The van der Waals surface area contributed by atoms with Crippen LogP contribution in [-0.4, -0.2) is 104 Å². The zero-order valence-electron chi connectivity index (χ0n) is 22.5. The van der Waals surface area contributed by atoms with Crippen LogP contribution in [0.2, 0.25) is 0 Å². The minimum absolute atomic E-state index is 0.00536. The summed E-state index contributed by atoms with van der Waals surface area (Å²) in [6.07, 6.45) is 2.83. The fourth-order valence-corrected chi connectivity index (χ4v) is 5.74.